The molecular weight excluding hydrogens is 398 g/mol. The van der Waals surface area contributed by atoms with Gasteiger partial charge in [-0.05, 0) is 36.4 Å². The third kappa shape index (κ3) is 3.50. The second-order valence-corrected chi connectivity index (χ2v) is 7.15. The predicted octanol–water partition coefficient (Wildman–Crippen LogP) is 3.39. The molecule has 2 bridgehead atoms. The molecule has 2 N–H and O–H groups in total. The van der Waals surface area contributed by atoms with E-state index >= 15 is 0 Å². The van der Waals surface area contributed by atoms with Crippen LogP contribution in [-0.2, 0) is 7.05 Å². The molecule has 0 aliphatic carbocycles. The number of rotatable bonds is 1. The number of hydrogen-bond donors (Lipinski definition) is 2. The minimum absolute atomic E-state index is 0.189. The Morgan fingerprint density at radius 1 is 1.16 bits per heavy atom. The number of aromatic carboxylic acids is 1. The highest BCUT2D eigenvalue weighted by Crippen LogP contribution is 2.31. The first kappa shape index (κ1) is 18.9. The van der Waals surface area contributed by atoms with E-state index in [1.165, 1.54) is 6.07 Å². The topological polar surface area (TPSA) is 115 Å². The molecule has 5 rings (SSSR count). The highest BCUT2D eigenvalue weighted by molar-refractivity contribution is 5.93. The van der Waals surface area contributed by atoms with Crippen molar-refractivity contribution in [2.45, 2.75) is 6.42 Å². The fourth-order valence-corrected chi connectivity index (χ4v) is 3.51. The standard InChI is InChI=1S/C22H19N5O4/c1-27-21-16(11-24-27)18-10-15-17(25-26-19(15)12-23-18)5-3-13-9-14(22(28)29)4-6-20(13)30-7-2-8-31-21/h3-6,9-12H,2,7-8H2,1H3,(H,25,26)(H,28,29)/b5-3+. The van der Waals surface area contributed by atoms with Crippen LogP contribution in [0.5, 0.6) is 11.6 Å². The fourth-order valence-electron chi connectivity index (χ4n) is 3.51. The van der Waals surface area contributed by atoms with Gasteiger partial charge in [-0.3, -0.25) is 10.1 Å². The van der Waals surface area contributed by atoms with E-state index in [9.17, 15) is 9.90 Å². The van der Waals surface area contributed by atoms with Crippen LogP contribution in [-0.4, -0.2) is 49.3 Å². The van der Waals surface area contributed by atoms with Crippen LogP contribution < -0.4 is 9.47 Å². The number of aromatic nitrogens is 5. The maximum absolute atomic E-state index is 11.4. The Balaban J connectivity index is 1.65. The predicted molar refractivity (Wildman–Crippen MR) is 114 cm³/mol. The van der Waals surface area contributed by atoms with Crippen molar-refractivity contribution in [3.63, 3.8) is 0 Å². The van der Waals surface area contributed by atoms with Gasteiger partial charge in [-0.25, -0.2) is 9.48 Å². The van der Waals surface area contributed by atoms with Crippen LogP contribution in [0.15, 0.2) is 36.7 Å². The summed E-state index contributed by atoms with van der Waals surface area (Å²) in [7, 11) is 1.82. The van der Waals surface area contributed by atoms with Gasteiger partial charge in [0.15, 0.2) is 0 Å². The van der Waals surface area contributed by atoms with Crippen LogP contribution in [0.1, 0.15) is 28.0 Å². The van der Waals surface area contributed by atoms with Gasteiger partial charge in [0.2, 0.25) is 5.88 Å². The summed E-state index contributed by atoms with van der Waals surface area (Å²) in [6.45, 7) is 0.850. The van der Waals surface area contributed by atoms with Crippen molar-refractivity contribution < 1.29 is 19.4 Å². The number of carboxylic acids is 1. The molecule has 4 aromatic rings. The van der Waals surface area contributed by atoms with Crippen molar-refractivity contribution >= 4 is 29.0 Å². The van der Waals surface area contributed by atoms with Crippen LogP contribution in [0.2, 0.25) is 0 Å². The summed E-state index contributed by atoms with van der Waals surface area (Å²) < 4.78 is 13.6. The number of ether oxygens (including phenoxy) is 2. The van der Waals surface area contributed by atoms with Gasteiger partial charge in [-0.1, -0.05) is 0 Å². The van der Waals surface area contributed by atoms with Crippen molar-refractivity contribution in [3.8, 4) is 22.9 Å². The van der Waals surface area contributed by atoms with Gasteiger partial charge in [0.1, 0.15) is 5.75 Å². The van der Waals surface area contributed by atoms with Gasteiger partial charge in [-0.15, -0.1) is 0 Å². The SMILES string of the molecule is Cn1ncc2c1OCCCOc1ccc(C(=O)O)cc1/C=C/c1n[nH]c3cnc-2cc13. The highest BCUT2D eigenvalue weighted by Gasteiger charge is 2.16. The van der Waals surface area contributed by atoms with Gasteiger partial charge in [0.25, 0.3) is 0 Å². The summed E-state index contributed by atoms with van der Waals surface area (Å²) in [4.78, 5) is 15.9. The number of aryl methyl sites for hydroxylation is 1. The third-order valence-electron chi connectivity index (χ3n) is 5.10. The molecular formula is C22H19N5O4. The number of carbonyl (C=O) groups is 1. The molecule has 0 unspecified atom stereocenters. The molecule has 1 aromatic carbocycles. The Labute approximate surface area is 176 Å². The molecule has 0 saturated heterocycles. The molecule has 1 aliphatic heterocycles. The maximum Gasteiger partial charge on any atom is 0.335 e. The smallest absolute Gasteiger partial charge is 0.335 e. The molecule has 156 valence electrons. The van der Waals surface area contributed by atoms with Crippen LogP contribution in [0.3, 0.4) is 0 Å². The monoisotopic (exact) mass is 417 g/mol. The zero-order valence-corrected chi connectivity index (χ0v) is 16.7. The second kappa shape index (κ2) is 7.60. The summed E-state index contributed by atoms with van der Waals surface area (Å²) in [5, 5.41) is 21.9. The second-order valence-electron chi connectivity index (χ2n) is 7.15. The third-order valence-corrected chi connectivity index (χ3v) is 5.10. The summed E-state index contributed by atoms with van der Waals surface area (Å²) in [5.41, 5.74) is 3.86. The molecule has 0 amide bonds. The molecule has 31 heavy (non-hydrogen) atoms. The van der Waals surface area contributed by atoms with Gasteiger partial charge in [0.05, 0.1) is 53.6 Å². The van der Waals surface area contributed by atoms with E-state index in [4.69, 9.17) is 9.47 Å². The van der Waals surface area contributed by atoms with Crippen LogP contribution >= 0.6 is 0 Å². The number of hydrogen-bond acceptors (Lipinski definition) is 6. The first-order valence-corrected chi connectivity index (χ1v) is 9.77. The van der Waals surface area contributed by atoms with Crippen LogP contribution in [0, 0.1) is 0 Å². The van der Waals surface area contributed by atoms with Gasteiger partial charge < -0.3 is 14.6 Å². The minimum atomic E-state index is -0.993. The molecule has 3 aromatic heterocycles. The normalized spacial score (nSPS) is 14.6. The van der Waals surface area contributed by atoms with E-state index in [-0.39, 0.29) is 5.56 Å². The van der Waals surface area contributed by atoms with Crippen molar-refractivity contribution in [2.75, 3.05) is 13.2 Å². The Kier molecular flexibility index (Phi) is 4.62. The van der Waals surface area contributed by atoms with Gasteiger partial charge >= 0.3 is 5.97 Å². The summed E-state index contributed by atoms with van der Waals surface area (Å²) in [6, 6.07) is 6.73. The largest absolute Gasteiger partial charge is 0.493 e. The molecule has 0 fully saturated rings. The molecule has 9 heteroatoms. The van der Waals surface area contributed by atoms with Crippen molar-refractivity contribution in [3.05, 3.63) is 53.5 Å². The van der Waals surface area contributed by atoms with Gasteiger partial charge in [0, 0.05) is 24.4 Å². The Morgan fingerprint density at radius 2 is 2.03 bits per heavy atom. The summed E-state index contributed by atoms with van der Waals surface area (Å²) in [6.07, 6.45) is 7.74. The Bertz CT molecular complexity index is 1320. The van der Waals surface area contributed by atoms with E-state index in [1.807, 2.05) is 25.3 Å². The zero-order valence-electron chi connectivity index (χ0n) is 16.7. The van der Waals surface area contributed by atoms with E-state index in [0.717, 1.165) is 22.2 Å². The lowest BCUT2D eigenvalue weighted by atomic mass is 10.1. The summed E-state index contributed by atoms with van der Waals surface area (Å²) >= 11 is 0. The highest BCUT2D eigenvalue weighted by atomic mass is 16.5. The molecule has 0 atom stereocenters. The lowest BCUT2D eigenvalue weighted by Crippen LogP contribution is -2.08. The number of nitrogens with one attached hydrogen (secondary N) is 1. The Morgan fingerprint density at radius 3 is 2.90 bits per heavy atom. The van der Waals surface area contributed by atoms with Crippen LogP contribution in [0.25, 0.3) is 34.3 Å². The lowest BCUT2D eigenvalue weighted by molar-refractivity contribution is 0.0697. The van der Waals surface area contributed by atoms with E-state index < -0.39 is 5.97 Å². The maximum atomic E-state index is 11.4. The lowest BCUT2D eigenvalue weighted by Gasteiger charge is -2.11. The molecule has 0 saturated carbocycles. The Hall–Kier alpha value is -4.14. The molecule has 1 aliphatic rings. The van der Waals surface area contributed by atoms with E-state index in [2.05, 4.69) is 20.3 Å². The number of benzene rings is 1. The zero-order chi connectivity index (χ0) is 21.4. The number of carboxylic acid groups (broad SMARTS) is 1. The molecule has 9 nitrogen and oxygen atoms in total. The van der Waals surface area contributed by atoms with Crippen molar-refractivity contribution in [1.82, 2.24) is 25.0 Å². The quantitative estimate of drug-likeness (QED) is 0.488. The molecule has 0 radical (unpaired) electrons. The van der Waals surface area contributed by atoms with Crippen molar-refractivity contribution in [2.24, 2.45) is 7.05 Å². The van der Waals surface area contributed by atoms with E-state index in [1.54, 1.807) is 29.2 Å². The average molecular weight is 417 g/mol. The minimum Gasteiger partial charge on any atom is -0.493 e. The van der Waals surface area contributed by atoms with Gasteiger partial charge in [-0.2, -0.15) is 10.2 Å². The number of aromatic amines is 1. The number of fused-ring (bicyclic) bond motifs is 4. The molecule has 0 spiro atoms. The van der Waals surface area contributed by atoms with Crippen molar-refractivity contribution in [1.29, 1.82) is 0 Å². The summed E-state index contributed by atoms with van der Waals surface area (Å²) in [5.74, 6) is 0.237. The van der Waals surface area contributed by atoms with Crippen LogP contribution in [0.4, 0.5) is 0 Å². The average Bonchev–Trinajstić information content (AvgIpc) is 3.34. The molecule has 4 heterocycles. The fraction of sp³-hybridized carbons (Fsp3) is 0.182. The van der Waals surface area contributed by atoms with E-state index in [0.29, 0.717) is 42.5 Å². The first-order valence-electron chi connectivity index (χ1n) is 9.77. The first-order chi connectivity index (χ1) is 15.1. The number of nitrogens with zero attached hydrogens (tertiary/aromatic N) is 4. The number of H-pyrrole nitrogens is 1. The number of pyridine rings is 1.